The Hall–Kier alpha value is -0.850. The first kappa shape index (κ1) is 10.2. The topological polar surface area (TPSA) is 12.4 Å². The maximum atomic E-state index is 3.94. The number of aliphatic imine (C=N–C) groups is 1. The van der Waals surface area contributed by atoms with Gasteiger partial charge in [-0.1, -0.05) is 33.4 Å². The van der Waals surface area contributed by atoms with Crippen molar-refractivity contribution in [3.63, 3.8) is 0 Å². The zero-order chi connectivity index (χ0) is 8.85. The molecule has 0 bridgehead atoms. The Morgan fingerprint density at radius 3 is 2.18 bits per heavy atom. The van der Waals surface area contributed by atoms with Gasteiger partial charge in [0.25, 0.3) is 0 Å². The average Bonchev–Trinajstić information content (AvgIpc) is 1.98. The largest absolute Gasteiger partial charge is 0.269 e. The van der Waals surface area contributed by atoms with Crippen LogP contribution in [0.2, 0.25) is 0 Å². The zero-order valence-corrected chi connectivity index (χ0v) is 7.67. The van der Waals surface area contributed by atoms with Gasteiger partial charge in [-0.15, -0.1) is 0 Å². The first-order valence-corrected chi connectivity index (χ1v) is 3.92. The minimum Gasteiger partial charge on any atom is -0.269 e. The minimum atomic E-state index is 0.463. The van der Waals surface area contributed by atoms with Crippen LogP contribution in [-0.2, 0) is 0 Å². The molecule has 0 rings (SSSR count). The Bertz CT molecular complexity index is 166. The zero-order valence-electron chi connectivity index (χ0n) is 7.67. The van der Waals surface area contributed by atoms with Crippen LogP contribution in [0.5, 0.6) is 0 Å². The molecule has 0 N–H and O–H groups in total. The summed E-state index contributed by atoms with van der Waals surface area (Å²) >= 11 is 0. The van der Waals surface area contributed by atoms with Crippen molar-refractivity contribution in [2.24, 2.45) is 16.8 Å². The van der Waals surface area contributed by atoms with Gasteiger partial charge in [0.15, 0.2) is 0 Å². The van der Waals surface area contributed by atoms with E-state index in [9.17, 15) is 0 Å². The first-order chi connectivity index (χ1) is 5.13. The van der Waals surface area contributed by atoms with Gasteiger partial charge in [-0.25, -0.2) is 0 Å². The second-order valence-corrected chi connectivity index (χ2v) is 3.02. The second-order valence-electron chi connectivity index (χ2n) is 3.02. The molecule has 0 saturated carbocycles. The molecule has 0 aromatic carbocycles. The van der Waals surface area contributed by atoms with Crippen LogP contribution in [0.4, 0.5) is 0 Å². The Morgan fingerprint density at radius 1 is 1.36 bits per heavy atom. The molecule has 1 heteroatoms. The van der Waals surface area contributed by atoms with Gasteiger partial charge in [-0.3, -0.25) is 4.99 Å². The number of hydrogen-bond acceptors (Lipinski definition) is 1. The van der Waals surface area contributed by atoms with Gasteiger partial charge >= 0.3 is 0 Å². The predicted molar refractivity (Wildman–Crippen MR) is 51.8 cm³/mol. The predicted octanol–water partition coefficient (Wildman–Crippen LogP) is 3.05. The van der Waals surface area contributed by atoms with E-state index < -0.39 is 0 Å². The summed E-state index contributed by atoms with van der Waals surface area (Å²) in [6, 6.07) is 0. The van der Waals surface area contributed by atoms with Crippen LogP contribution < -0.4 is 0 Å². The van der Waals surface area contributed by atoms with Gasteiger partial charge in [0.2, 0.25) is 0 Å². The summed E-state index contributed by atoms with van der Waals surface area (Å²) in [5, 5.41) is 0. The molecule has 0 aliphatic heterocycles. The van der Waals surface area contributed by atoms with Crippen LogP contribution in [0.15, 0.2) is 29.4 Å². The molecule has 11 heavy (non-hydrogen) atoms. The maximum Gasteiger partial charge on any atom is 0.0426 e. The van der Waals surface area contributed by atoms with Crippen molar-refractivity contribution in [3.8, 4) is 0 Å². The van der Waals surface area contributed by atoms with Crippen molar-refractivity contribution in [2.45, 2.75) is 20.8 Å². The molecule has 0 heterocycles. The number of nitrogens with zero attached hydrogens (tertiary/aromatic N) is 1. The van der Waals surface area contributed by atoms with Gasteiger partial charge < -0.3 is 0 Å². The van der Waals surface area contributed by atoms with E-state index in [0.29, 0.717) is 11.8 Å². The Morgan fingerprint density at radius 2 is 1.91 bits per heavy atom. The molecule has 1 nitrogen and oxygen atoms in total. The Labute approximate surface area is 69.5 Å². The van der Waals surface area contributed by atoms with Crippen LogP contribution in [0.1, 0.15) is 20.8 Å². The molecular weight excluding hydrogens is 134 g/mol. The van der Waals surface area contributed by atoms with E-state index in [1.807, 2.05) is 6.08 Å². The fourth-order valence-corrected chi connectivity index (χ4v) is 0.811. The van der Waals surface area contributed by atoms with Crippen molar-refractivity contribution in [3.05, 3.63) is 24.4 Å². The van der Waals surface area contributed by atoms with Crippen molar-refractivity contribution in [2.75, 3.05) is 0 Å². The highest BCUT2D eigenvalue weighted by molar-refractivity contribution is 5.30. The summed E-state index contributed by atoms with van der Waals surface area (Å²) in [5.41, 5.74) is 1.02. The first-order valence-electron chi connectivity index (χ1n) is 3.92. The quantitative estimate of drug-likeness (QED) is 0.432. The van der Waals surface area contributed by atoms with Crippen molar-refractivity contribution < 1.29 is 0 Å². The highest BCUT2D eigenvalue weighted by Crippen LogP contribution is 2.19. The van der Waals surface area contributed by atoms with Gasteiger partial charge in [-0.05, 0) is 18.7 Å². The highest BCUT2D eigenvalue weighted by atomic mass is 14.7. The molecule has 1 unspecified atom stereocenters. The standard InChI is InChI=1S/C10H17N/c1-6-7-10(11-5)9(4)8(2)3/h6-9H,1,5H2,2-4H3/b10-7+. The SMILES string of the molecule is C=C/C=C(/N=C)C(C)C(C)C. The van der Waals surface area contributed by atoms with Crippen LogP contribution in [0.3, 0.4) is 0 Å². The summed E-state index contributed by atoms with van der Waals surface area (Å²) < 4.78 is 0. The summed E-state index contributed by atoms with van der Waals surface area (Å²) in [6.45, 7) is 13.6. The monoisotopic (exact) mass is 151 g/mol. The molecular formula is C10H17N. The molecule has 0 radical (unpaired) electrons. The van der Waals surface area contributed by atoms with E-state index in [4.69, 9.17) is 0 Å². The van der Waals surface area contributed by atoms with E-state index in [2.05, 4.69) is 39.1 Å². The van der Waals surface area contributed by atoms with Crippen LogP contribution in [0, 0.1) is 11.8 Å². The average molecular weight is 151 g/mol. The van der Waals surface area contributed by atoms with Gasteiger partial charge in [0, 0.05) is 11.6 Å². The van der Waals surface area contributed by atoms with Crippen LogP contribution >= 0.6 is 0 Å². The number of hydrogen-bond donors (Lipinski definition) is 0. The van der Waals surface area contributed by atoms with Crippen molar-refractivity contribution in [1.29, 1.82) is 0 Å². The number of rotatable bonds is 4. The van der Waals surface area contributed by atoms with Gasteiger partial charge in [0.05, 0.1) is 0 Å². The smallest absolute Gasteiger partial charge is 0.0426 e. The lowest BCUT2D eigenvalue weighted by Gasteiger charge is -2.14. The lowest BCUT2D eigenvalue weighted by molar-refractivity contribution is 0.477. The second kappa shape index (κ2) is 4.89. The molecule has 62 valence electrons. The summed E-state index contributed by atoms with van der Waals surface area (Å²) in [5.74, 6) is 1.07. The van der Waals surface area contributed by atoms with Gasteiger partial charge in [-0.2, -0.15) is 0 Å². The van der Waals surface area contributed by atoms with E-state index in [1.54, 1.807) is 6.08 Å². The maximum absolute atomic E-state index is 3.94. The highest BCUT2D eigenvalue weighted by Gasteiger charge is 2.09. The fraction of sp³-hybridized carbons (Fsp3) is 0.500. The molecule has 0 fully saturated rings. The fourth-order valence-electron chi connectivity index (χ4n) is 0.811. The molecule has 0 saturated heterocycles. The summed E-state index contributed by atoms with van der Waals surface area (Å²) in [7, 11) is 0. The number of allylic oxidation sites excluding steroid dienone is 3. The van der Waals surface area contributed by atoms with E-state index in [1.165, 1.54) is 0 Å². The molecule has 1 atom stereocenters. The van der Waals surface area contributed by atoms with Crippen LogP contribution in [0.25, 0.3) is 0 Å². The molecule has 0 aromatic heterocycles. The third kappa shape index (κ3) is 3.17. The van der Waals surface area contributed by atoms with E-state index >= 15 is 0 Å². The molecule has 0 aliphatic rings. The lowest BCUT2D eigenvalue weighted by atomic mass is 9.94. The molecule has 0 spiro atoms. The van der Waals surface area contributed by atoms with Crippen molar-refractivity contribution in [1.82, 2.24) is 0 Å². The summed E-state index contributed by atoms with van der Waals surface area (Å²) in [6.07, 6.45) is 3.67. The van der Waals surface area contributed by atoms with E-state index in [0.717, 1.165) is 5.70 Å². The molecule has 0 aromatic rings. The minimum absolute atomic E-state index is 0.463. The Balaban J connectivity index is 4.37. The molecule has 0 amide bonds. The lowest BCUT2D eigenvalue weighted by Crippen LogP contribution is -2.05. The Kier molecular flexibility index (Phi) is 4.51. The van der Waals surface area contributed by atoms with Crippen LogP contribution in [-0.4, -0.2) is 6.72 Å². The third-order valence-corrected chi connectivity index (χ3v) is 1.94. The third-order valence-electron chi connectivity index (χ3n) is 1.94. The van der Waals surface area contributed by atoms with Gasteiger partial charge in [0.1, 0.15) is 0 Å². The van der Waals surface area contributed by atoms with Crippen molar-refractivity contribution >= 4 is 6.72 Å². The molecule has 0 aliphatic carbocycles. The van der Waals surface area contributed by atoms with E-state index in [-0.39, 0.29) is 0 Å². The summed E-state index contributed by atoms with van der Waals surface area (Å²) in [4.78, 5) is 3.94. The normalized spacial score (nSPS) is 14.7.